The fraction of sp³-hybridized carbons (Fsp3) is 0.571. The molecular formula is C21H32N6O. The third kappa shape index (κ3) is 4.77. The van der Waals surface area contributed by atoms with Gasteiger partial charge in [0, 0.05) is 19.1 Å². The Morgan fingerprint density at radius 3 is 2.64 bits per heavy atom. The molecule has 1 aliphatic heterocycles. The molecule has 1 aromatic carbocycles. The highest BCUT2D eigenvalue weighted by molar-refractivity contribution is 5.93. The van der Waals surface area contributed by atoms with Crippen LogP contribution in [0.3, 0.4) is 0 Å². The first-order valence-corrected chi connectivity index (χ1v) is 10.1. The number of benzene rings is 1. The average molecular weight is 385 g/mol. The van der Waals surface area contributed by atoms with Crippen LogP contribution in [-0.4, -0.2) is 52.0 Å². The fourth-order valence-electron chi connectivity index (χ4n) is 3.54. The molecule has 28 heavy (non-hydrogen) atoms. The van der Waals surface area contributed by atoms with Gasteiger partial charge >= 0.3 is 0 Å². The van der Waals surface area contributed by atoms with Crippen LogP contribution in [-0.2, 0) is 13.1 Å². The van der Waals surface area contributed by atoms with E-state index in [1.807, 2.05) is 23.7 Å². The average Bonchev–Trinajstić information content (AvgIpc) is 3.09. The molecule has 0 radical (unpaired) electrons. The minimum absolute atomic E-state index is 0.162. The van der Waals surface area contributed by atoms with Crippen LogP contribution in [0.4, 0.5) is 0 Å². The van der Waals surface area contributed by atoms with E-state index in [1.54, 1.807) is 0 Å². The molecule has 0 atom stereocenters. The van der Waals surface area contributed by atoms with Crippen molar-refractivity contribution in [3.05, 3.63) is 46.8 Å². The van der Waals surface area contributed by atoms with Gasteiger partial charge in [0.05, 0.1) is 11.7 Å². The molecule has 2 aromatic rings. The zero-order valence-corrected chi connectivity index (χ0v) is 17.4. The summed E-state index contributed by atoms with van der Waals surface area (Å²) in [6.07, 6.45) is 2.03. The van der Waals surface area contributed by atoms with Crippen molar-refractivity contribution < 1.29 is 4.79 Å². The van der Waals surface area contributed by atoms with Gasteiger partial charge in [0.2, 0.25) is 0 Å². The summed E-state index contributed by atoms with van der Waals surface area (Å²) in [7, 11) is 2.11. The van der Waals surface area contributed by atoms with Crippen molar-refractivity contribution in [1.82, 2.24) is 30.5 Å². The summed E-state index contributed by atoms with van der Waals surface area (Å²) in [4.78, 5) is 15.0. The van der Waals surface area contributed by atoms with E-state index in [0.29, 0.717) is 24.3 Å². The van der Waals surface area contributed by atoms with Crippen LogP contribution < -0.4 is 10.6 Å². The van der Waals surface area contributed by atoms with Crippen molar-refractivity contribution in [3.8, 4) is 0 Å². The Kier molecular flexibility index (Phi) is 6.80. The molecule has 1 fully saturated rings. The number of hydrogen-bond acceptors (Lipinski definition) is 5. The monoisotopic (exact) mass is 384 g/mol. The Hall–Kier alpha value is -2.25. The Labute approximate surface area is 167 Å². The molecule has 152 valence electrons. The van der Waals surface area contributed by atoms with Crippen molar-refractivity contribution in [3.63, 3.8) is 0 Å². The Morgan fingerprint density at radius 1 is 1.29 bits per heavy atom. The summed E-state index contributed by atoms with van der Waals surface area (Å²) in [5.41, 5.74) is 3.63. The lowest BCUT2D eigenvalue weighted by Gasteiger charge is -2.23. The number of aromatic nitrogens is 3. The topological polar surface area (TPSA) is 75.1 Å². The molecule has 1 amide bonds. The van der Waals surface area contributed by atoms with E-state index >= 15 is 0 Å². The summed E-state index contributed by atoms with van der Waals surface area (Å²) in [5.74, 6) is -0.162. The number of piperidine rings is 1. The zero-order chi connectivity index (χ0) is 20.1. The Balaban J connectivity index is 1.66. The summed E-state index contributed by atoms with van der Waals surface area (Å²) in [6, 6.07) is 9.04. The van der Waals surface area contributed by atoms with Crippen molar-refractivity contribution >= 4 is 5.91 Å². The third-order valence-corrected chi connectivity index (χ3v) is 5.66. The quantitative estimate of drug-likeness (QED) is 0.766. The maximum Gasteiger partial charge on any atom is 0.274 e. The highest BCUT2D eigenvalue weighted by atomic mass is 16.2. The van der Waals surface area contributed by atoms with Crippen LogP contribution in [0.5, 0.6) is 0 Å². The second kappa shape index (κ2) is 9.30. The molecule has 3 rings (SSSR count). The minimum Gasteiger partial charge on any atom is -0.346 e. The number of hydrogen-bond donors (Lipinski definition) is 2. The zero-order valence-electron chi connectivity index (χ0n) is 17.4. The lowest BCUT2D eigenvalue weighted by Crippen LogP contribution is -2.30. The van der Waals surface area contributed by atoms with E-state index in [2.05, 4.69) is 58.9 Å². The predicted molar refractivity (Wildman–Crippen MR) is 110 cm³/mol. The maximum absolute atomic E-state index is 12.7. The molecule has 1 aliphatic rings. The number of rotatable bonds is 7. The molecule has 0 aliphatic carbocycles. The normalized spacial score (nSPS) is 15.4. The third-order valence-electron chi connectivity index (χ3n) is 5.66. The summed E-state index contributed by atoms with van der Waals surface area (Å²) < 4.78 is 1.92. The lowest BCUT2D eigenvalue weighted by atomic mass is 10.1. The summed E-state index contributed by atoms with van der Waals surface area (Å²) in [5, 5.41) is 14.8. The molecule has 2 heterocycles. The molecule has 0 spiro atoms. The van der Waals surface area contributed by atoms with Gasteiger partial charge in [0.25, 0.3) is 5.91 Å². The fourth-order valence-corrected chi connectivity index (χ4v) is 3.54. The van der Waals surface area contributed by atoms with Gasteiger partial charge in [0.15, 0.2) is 5.69 Å². The van der Waals surface area contributed by atoms with E-state index < -0.39 is 0 Å². The number of amides is 1. The van der Waals surface area contributed by atoms with E-state index in [4.69, 9.17) is 0 Å². The van der Waals surface area contributed by atoms with Gasteiger partial charge in [-0.25, -0.2) is 4.68 Å². The summed E-state index contributed by atoms with van der Waals surface area (Å²) in [6.45, 7) is 9.59. The number of carbonyl (C=O) groups is 1. The predicted octanol–water partition coefficient (Wildman–Crippen LogP) is 2.28. The van der Waals surface area contributed by atoms with Crippen molar-refractivity contribution in [2.45, 2.75) is 58.8 Å². The molecule has 0 unspecified atom stereocenters. The van der Waals surface area contributed by atoms with Crippen molar-refractivity contribution in [2.75, 3.05) is 20.1 Å². The van der Waals surface area contributed by atoms with Crippen LogP contribution >= 0.6 is 0 Å². The van der Waals surface area contributed by atoms with E-state index in [0.717, 1.165) is 43.7 Å². The standard InChI is InChI=1S/C21H32N6O/c1-15(2)26(4)14-18-8-6-5-7-17(18)13-23-21(28)20-16(3)27(25-24-20)19-9-11-22-12-10-19/h5-8,15,19,22H,9-14H2,1-4H3,(H,23,28). The van der Waals surface area contributed by atoms with Crippen molar-refractivity contribution in [1.29, 1.82) is 0 Å². The molecular weight excluding hydrogens is 352 g/mol. The molecule has 0 bridgehead atoms. The molecule has 1 aromatic heterocycles. The van der Waals surface area contributed by atoms with Crippen LogP contribution in [0.2, 0.25) is 0 Å². The maximum atomic E-state index is 12.7. The van der Waals surface area contributed by atoms with Gasteiger partial charge in [-0.1, -0.05) is 29.5 Å². The number of nitrogens with zero attached hydrogens (tertiary/aromatic N) is 4. The van der Waals surface area contributed by atoms with E-state index in [-0.39, 0.29) is 5.91 Å². The second-order valence-corrected chi connectivity index (χ2v) is 7.91. The number of nitrogens with one attached hydrogen (secondary N) is 2. The largest absolute Gasteiger partial charge is 0.346 e. The molecule has 7 heteroatoms. The highest BCUT2D eigenvalue weighted by Crippen LogP contribution is 2.20. The van der Waals surface area contributed by atoms with E-state index in [9.17, 15) is 4.79 Å². The molecule has 2 N–H and O–H groups in total. The molecule has 1 saturated heterocycles. The lowest BCUT2D eigenvalue weighted by molar-refractivity contribution is 0.0945. The second-order valence-electron chi connectivity index (χ2n) is 7.91. The molecule has 7 nitrogen and oxygen atoms in total. The smallest absolute Gasteiger partial charge is 0.274 e. The first-order valence-electron chi connectivity index (χ1n) is 10.1. The van der Waals surface area contributed by atoms with Gasteiger partial charge in [0.1, 0.15) is 0 Å². The van der Waals surface area contributed by atoms with E-state index in [1.165, 1.54) is 5.56 Å². The van der Waals surface area contributed by atoms with Crippen LogP contribution in [0.25, 0.3) is 0 Å². The Bertz CT molecular complexity index is 794. The molecule has 0 saturated carbocycles. The first kappa shape index (κ1) is 20.5. The van der Waals surface area contributed by atoms with Gasteiger partial charge in [-0.2, -0.15) is 0 Å². The number of carbonyl (C=O) groups excluding carboxylic acids is 1. The first-order chi connectivity index (χ1) is 13.5. The van der Waals surface area contributed by atoms with Crippen LogP contribution in [0.15, 0.2) is 24.3 Å². The minimum atomic E-state index is -0.162. The van der Waals surface area contributed by atoms with Crippen LogP contribution in [0, 0.1) is 6.92 Å². The van der Waals surface area contributed by atoms with Gasteiger partial charge in [-0.15, -0.1) is 5.10 Å². The SMILES string of the molecule is Cc1c(C(=O)NCc2ccccc2CN(C)C(C)C)nnn1C1CCNCC1. The highest BCUT2D eigenvalue weighted by Gasteiger charge is 2.23. The van der Waals surface area contributed by atoms with Gasteiger partial charge < -0.3 is 10.6 Å². The van der Waals surface area contributed by atoms with Crippen molar-refractivity contribution in [2.24, 2.45) is 0 Å². The van der Waals surface area contributed by atoms with Crippen LogP contribution in [0.1, 0.15) is 60.0 Å². The Morgan fingerprint density at radius 2 is 1.96 bits per heavy atom. The summed E-state index contributed by atoms with van der Waals surface area (Å²) >= 11 is 0. The van der Waals surface area contributed by atoms with Gasteiger partial charge in [-0.3, -0.25) is 9.69 Å². The van der Waals surface area contributed by atoms with Gasteiger partial charge in [-0.05, 0) is 64.9 Å².